The van der Waals surface area contributed by atoms with Crippen LogP contribution in [0.5, 0.6) is 5.75 Å². The molecule has 4 rings (SSSR count). The number of carboxylic acid groups (broad SMARTS) is 1. The Bertz CT molecular complexity index is 1410. The second kappa shape index (κ2) is 13.6. The molecule has 214 valence electrons. The lowest BCUT2D eigenvalue weighted by atomic mass is 10.3. The summed E-state index contributed by atoms with van der Waals surface area (Å²) >= 11 is 0. The number of carbonyl (C=O) groups is 2. The van der Waals surface area contributed by atoms with Crippen LogP contribution < -0.4 is 10.1 Å². The third-order valence-corrected chi connectivity index (χ3v) is 5.92. The highest BCUT2D eigenvalue weighted by atomic mass is 19.4. The molecule has 0 aliphatic heterocycles. The predicted molar refractivity (Wildman–Crippen MR) is 141 cm³/mol. The highest BCUT2D eigenvalue weighted by molar-refractivity contribution is 5.99. The molecule has 0 bridgehead atoms. The van der Waals surface area contributed by atoms with Crippen LogP contribution in [0.2, 0.25) is 0 Å². The minimum atomic E-state index is -5.08. The van der Waals surface area contributed by atoms with Gasteiger partial charge in [-0.3, -0.25) is 14.2 Å². The van der Waals surface area contributed by atoms with Gasteiger partial charge in [-0.1, -0.05) is 13.8 Å². The summed E-state index contributed by atoms with van der Waals surface area (Å²) in [4.78, 5) is 33.1. The number of aliphatic carboxylic acids is 1. The lowest BCUT2D eigenvalue weighted by Gasteiger charge is -2.17. The Morgan fingerprint density at radius 2 is 1.77 bits per heavy atom. The van der Waals surface area contributed by atoms with Crippen LogP contribution >= 0.6 is 0 Å². The van der Waals surface area contributed by atoms with Crippen LogP contribution in [0.3, 0.4) is 0 Å². The second-order valence-electron chi connectivity index (χ2n) is 8.38. The molecule has 0 fully saturated rings. The fraction of sp³-hybridized carbons (Fsp3) is 0.346. The number of nitrogens with one attached hydrogen (secondary N) is 1. The van der Waals surface area contributed by atoms with Gasteiger partial charge in [0, 0.05) is 18.9 Å². The first-order chi connectivity index (χ1) is 19.1. The molecule has 0 radical (unpaired) electrons. The average Bonchev–Trinajstić information content (AvgIpc) is 3.58. The second-order valence-corrected chi connectivity index (χ2v) is 8.38. The van der Waals surface area contributed by atoms with Crippen molar-refractivity contribution in [2.45, 2.75) is 26.4 Å². The van der Waals surface area contributed by atoms with Crippen molar-refractivity contribution in [2.24, 2.45) is 0 Å². The van der Waals surface area contributed by atoms with Crippen LogP contribution in [0.15, 0.2) is 55.1 Å². The van der Waals surface area contributed by atoms with E-state index in [1.54, 1.807) is 36.6 Å². The predicted octanol–water partition coefficient (Wildman–Crippen LogP) is 3.69. The Labute approximate surface area is 228 Å². The number of benzene rings is 1. The number of methoxy groups -OCH3 is 1. The molecule has 0 atom stereocenters. The van der Waals surface area contributed by atoms with Gasteiger partial charge in [-0.15, -0.1) is 0 Å². The summed E-state index contributed by atoms with van der Waals surface area (Å²) in [5.41, 5.74) is 2.63. The van der Waals surface area contributed by atoms with Gasteiger partial charge in [0.1, 0.15) is 11.4 Å². The van der Waals surface area contributed by atoms with Gasteiger partial charge in [-0.2, -0.15) is 18.3 Å². The van der Waals surface area contributed by atoms with Gasteiger partial charge < -0.3 is 20.1 Å². The van der Waals surface area contributed by atoms with E-state index in [0.29, 0.717) is 23.6 Å². The van der Waals surface area contributed by atoms with Gasteiger partial charge in [0.25, 0.3) is 5.91 Å². The van der Waals surface area contributed by atoms with Crippen molar-refractivity contribution in [1.29, 1.82) is 0 Å². The van der Waals surface area contributed by atoms with E-state index in [0.717, 1.165) is 43.2 Å². The maximum absolute atomic E-state index is 13.0. The molecule has 0 spiro atoms. The minimum Gasteiger partial charge on any atom is -0.497 e. The van der Waals surface area contributed by atoms with Gasteiger partial charge in [-0.25, -0.2) is 14.5 Å². The van der Waals surface area contributed by atoms with Crippen molar-refractivity contribution in [1.82, 2.24) is 34.4 Å². The van der Waals surface area contributed by atoms with E-state index in [9.17, 15) is 18.0 Å². The van der Waals surface area contributed by atoms with Gasteiger partial charge >= 0.3 is 12.1 Å². The number of hydrogen-bond acceptors (Lipinski definition) is 7. The zero-order chi connectivity index (χ0) is 29.3. The molecule has 11 nitrogen and oxygen atoms in total. The number of halogens is 3. The van der Waals surface area contributed by atoms with Crippen LogP contribution in [0.4, 0.5) is 13.2 Å². The summed E-state index contributed by atoms with van der Waals surface area (Å²) in [5, 5.41) is 14.6. The van der Waals surface area contributed by atoms with Crippen LogP contribution in [0.1, 0.15) is 30.8 Å². The maximum atomic E-state index is 13.0. The van der Waals surface area contributed by atoms with Gasteiger partial charge in [0.15, 0.2) is 11.5 Å². The Kier molecular flexibility index (Phi) is 10.2. The number of carboxylic acids is 1. The molecule has 0 aliphatic carbocycles. The van der Waals surface area contributed by atoms with E-state index in [4.69, 9.17) is 19.6 Å². The fourth-order valence-electron chi connectivity index (χ4n) is 3.82. The number of ether oxygens (including phenoxy) is 1. The summed E-state index contributed by atoms with van der Waals surface area (Å²) in [7, 11) is 1.63. The van der Waals surface area contributed by atoms with E-state index in [1.165, 1.54) is 0 Å². The molecule has 40 heavy (non-hydrogen) atoms. The smallest absolute Gasteiger partial charge is 0.490 e. The monoisotopic (exact) mass is 561 g/mol. The van der Waals surface area contributed by atoms with Crippen molar-refractivity contribution in [3.8, 4) is 23.0 Å². The number of hydrogen-bond donors (Lipinski definition) is 2. The van der Waals surface area contributed by atoms with E-state index in [-0.39, 0.29) is 5.91 Å². The summed E-state index contributed by atoms with van der Waals surface area (Å²) < 4.78 is 40.7. The van der Waals surface area contributed by atoms with Crippen molar-refractivity contribution in [3.05, 3.63) is 60.8 Å². The quantitative estimate of drug-likeness (QED) is 0.281. The number of nitrogens with zero attached hydrogens (tertiary/aromatic N) is 6. The topological polar surface area (TPSA) is 127 Å². The van der Waals surface area contributed by atoms with Crippen molar-refractivity contribution < 1.29 is 32.6 Å². The van der Waals surface area contributed by atoms with Crippen molar-refractivity contribution in [2.75, 3.05) is 33.3 Å². The number of carbonyl (C=O) groups excluding carboxylic acids is 1. The lowest BCUT2D eigenvalue weighted by molar-refractivity contribution is -0.192. The molecular formula is C26H30F3N7O4. The van der Waals surface area contributed by atoms with Crippen LogP contribution in [-0.2, 0) is 4.79 Å². The standard InChI is InChI=1S/C24H29N7O2.C2HF3O2/c1-4-29(5-2)15-6-12-26-24(32)22-21-17-25-14-16-30(21)23(28-22)20-11-13-27-31(20)18-7-9-19(33-3)10-8-18;3-2(4,5)1(6)7/h7-11,13-14,16-17H,4-6,12,15H2,1-3H3,(H,26,32);(H,6,7). The normalized spacial score (nSPS) is 11.3. The fourth-order valence-corrected chi connectivity index (χ4v) is 3.82. The SMILES string of the molecule is CCN(CC)CCCNC(=O)c1nc(-c2ccnn2-c2ccc(OC)cc2)n2ccncc12.O=C(O)C(F)(F)F. The first-order valence-electron chi connectivity index (χ1n) is 12.4. The van der Waals surface area contributed by atoms with E-state index < -0.39 is 12.1 Å². The number of rotatable bonds is 10. The molecule has 1 aromatic carbocycles. The summed E-state index contributed by atoms with van der Waals surface area (Å²) in [6, 6.07) is 9.49. The summed E-state index contributed by atoms with van der Waals surface area (Å²) in [6.07, 6.45) is 2.66. The molecule has 0 saturated carbocycles. The first kappa shape index (κ1) is 30.1. The highest BCUT2D eigenvalue weighted by Crippen LogP contribution is 2.25. The molecule has 0 saturated heterocycles. The molecular weight excluding hydrogens is 531 g/mol. The number of fused-ring (bicyclic) bond motifs is 1. The largest absolute Gasteiger partial charge is 0.497 e. The van der Waals surface area contributed by atoms with E-state index in [2.05, 4.69) is 34.1 Å². The molecule has 14 heteroatoms. The van der Waals surface area contributed by atoms with Crippen LogP contribution in [0.25, 0.3) is 22.7 Å². The van der Waals surface area contributed by atoms with Crippen LogP contribution in [0, 0.1) is 0 Å². The molecule has 3 aromatic heterocycles. The Morgan fingerprint density at radius 1 is 1.10 bits per heavy atom. The molecule has 2 N–H and O–H groups in total. The van der Waals surface area contributed by atoms with Gasteiger partial charge in [-0.05, 0) is 56.4 Å². The first-order valence-corrected chi connectivity index (χ1v) is 12.4. The maximum Gasteiger partial charge on any atom is 0.490 e. The van der Waals surface area contributed by atoms with E-state index >= 15 is 0 Å². The lowest BCUT2D eigenvalue weighted by Crippen LogP contribution is -2.30. The third-order valence-electron chi connectivity index (χ3n) is 5.92. The Balaban J connectivity index is 0.000000559. The van der Waals surface area contributed by atoms with Gasteiger partial charge in [0.05, 0.1) is 30.7 Å². The number of aromatic nitrogens is 5. The Hall–Kier alpha value is -4.46. The number of alkyl halides is 3. The van der Waals surface area contributed by atoms with Crippen molar-refractivity contribution in [3.63, 3.8) is 0 Å². The molecule has 3 heterocycles. The van der Waals surface area contributed by atoms with E-state index in [1.807, 2.05) is 34.7 Å². The molecule has 0 unspecified atom stereocenters. The zero-order valence-corrected chi connectivity index (χ0v) is 22.2. The molecule has 0 aliphatic rings. The number of amides is 1. The molecule has 4 aromatic rings. The highest BCUT2D eigenvalue weighted by Gasteiger charge is 2.38. The van der Waals surface area contributed by atoms with Gasteiger partial charge in [0.2, 0.25) is 0 Å². The average molecular weight is 562 g/mol. The third kappa shape index (κ3) is 7.34. The zero-order valence-electron chi connectivity index (χ0n) is 22.2. The minimum absolute atomic E-state index is 0.207. The molecule has 1 amide bonds. The summed E-state index contributed by atoms with van der Waals surface area (Å²) in [5.74, 6) is -1.58. The number of imidazole rings is 1. The van der Waals surface area contributed by atoms with Crippen LogP contribution in [-0.4, -0.2) is 85.5 Å². The summed E-state index contributed by atoms with van der Waals surface area (Å²) in [6.45, 7) is 7.84. The Morgan fingerprint density at radius 3 is 2.38 bits per heavy atom. The van der Waals surface area contributed by atoms with Crippen molar-refractivity contribution >= 4 is 17.4 Å².